The Morgan fingerprint density at radius 2 is 0.600 bits per heavy atom. The molecule has 0 atom stereocenters. The van der Waals surface area contributed by atoms with E-state index in [0.29, 0.717) is 0 Å². The topological polar surface area (TPSA) is 85.5 Å². The van der Waals surface area contributed by atoms with Crippen LogP contribution >= 0.6 is 0 Å². The second-order valence-corrected chi connectivity index (χ2v) is 0. The summed E-state index contributed by atoms with van der Waals surface area (Å²) in [5, 5.41) is 0. The van der Waals surface area contributed by atoms with E-state index in [4.69, 9.17) is 0 Å². The van der Waals surface area contributed by atoms with Crippen LogP contribution in [-0.4, -0.2) is 11.0 Å². The van der Waals surface area contributed by atoms with Crippen LogP contribution in [0.5, 0.6) is 0 Å². The van der Waals surface area contributed by atoms with Crippen LogP contribution in [0.25, 0.3) is 0 Å². The molecular formula is FeO3Si. The third kappa shape index (κ3) is 83.2. The van der Waals surface area contributed by atoms with E-state index in [0.717, 1.165) is 0 Å². The maximum atomic E-state index is 0. The molecule has 0 unspecified atom stereocenters. The summed E-state index contributed by atoms with van der Waals surface area (Å²) in [6.45, 7) is 0. The van der Waals surface area contributed by atoms with Gasteiger partial charge in [-0.2, -0.15) is 0 Å². The fourth-order valence-electron chi connectivity index (χ4n) is 0. The van der Waals surface area contributed by atoms with E-state index >= 15 is 0 Å². The molecule has 0 aliphatic heterocycles. The van der Waals surface area contributed by atoms with Gasteiger partial charge in [-0.05, 0) is 0 Å². The zero-order valence-electron chi connectivity index (χ0n) is 2.08. The standard InChI is InChI=1S/Fe.3O.Si/q+2;3*-2;+4. The Morgan fingerprint density at radius 3 is 0.600 bits per heavy atom. The molecule has 3 nitrogen and oxygen atoms in total. The summed E-state index contributed by atoms with van der Waals surface area (Å²) in [5.74, 6) is 0. The zero-order chi connectivity index (χ0) is 0. The second kappa shape index (κ2) is 159. The predicted octanol–water partition coefficient (Wildman–Crippen LogP) is -0.740. The first-order chi connectivity index (χ1) is 0. The van der Waals surface area contributed by atoms with Crippen LogP contribution in [0.2, 0.25) is 0 Å². The van der Waals surface area contributed by atoms with Crippen LogP contribution in [0.4, 0.5) is 0 Å². The summed E-state index contributed by atoms with van der Waals surface area (Å²) < 4.78 is 0. The summed E-state index contributed by atoms with van der Waals surface area (Å²) in [5.41, 5.74) is 0. The van der Waals surface area contributed by atoms with Gasteiger partial charge in [0.2, 0.25) is 0 Å². The Balaban J connectivity index is 0. The number of hydrogen-bond acceptors (Lipinski definition) is 0. The van der Waals surface area contributed by atoms with Gasteiger partial charge in [-0.25, -0.2) is 0 Å². The van der Waals surface area contributed by atoms with Gasteiger partial charge in [-0.15, -0.1) is 0 Å². The molecule has 0 aromatic heterocycles. The molecule has 0 aromatic carbocycles. The fourth-order valence-corrected chi connectivity index (χ4v) is 0. The van der Waals surface area contributed by atoms with Crippen molar-refractivity contribution in [3.63, 3.8) is 0 Å². The smallest absolute Gasteiger partial charge is 2.00 e. The largest absolute Gasteiger partial charge is 4.00 e. The Labute approximate surface area is 45.2 Å². The minimum atomic E-state index is 0. The molecule has 5 heavy (non-hydrogen) atoms. The molecule has 0 heterocycles. The first-order valence-corrected chi connectivity index (χ1v) is 0. The summed E-state index contributed by atoms with van der Waals surface area (Å²) in [6.07, 6.45) is 0. The second-order valence-electron chi connectivity index (χ2n) is 0. The van der Waals surface area contributed by atoms with E-state index < -0.39 is 0 Å². The molecule has 30 valence electrons. The van der Waals surface area contributed by atoms with E-state index in [1.165, 1.54) is 0 Å². The molecule has 5 heteroatoms. The maximum Gasteiger partial charge on any atom is 4.00 e. The Morgan fingerprint density at radius 1 is 0.600 bits per heavy atom. The van der Waals surface area contributed by atoms with Crippen molar-refractivity contribution < 1.29 is 33.5 Å². The van der Waals surface area contributed by atoms with Crippen molar-refractivity contribution in [2.75, 3.05) is 0 Å². The first kappa shape index (κ1) is 315. The van der Waals surface area contributed by atoms with E-state index in [-0.39, 0.29) is 44.5 Å². The molecule has 0 aliphatic rings. The third-order valence-corrected chi connectivity index (χ3v) is 0. The van der Waals surface area contributed by atoms with Crippen molar-refractivity contribution in [2.45, 2.75) is 0 Å². The molecule has 0 aromatic rings. The van der Waals surface area contributed by atoms with Crippen molar-refractivity contribution in [1.29, 1.82) is 0 Å². The molecule has 0 amide bonds. The molecule has 0 bridgehead atoms. The van der Waals surface area contributed by atoms with Crippen molar-refractivity contribution in [3.05, 3.63) is 0 Å². The third-order valence-electron chi connectivity index (χ3n) is 0. The van der Waals surface area contributed by atoms with Gasteiger partial charge in [0.25, 0.3) is 0 Å². The summed E-state index contributed by atoms with van der Waals surface area (Å²) in [6, 6.07) is 0. The fraction of sp³-hybridized carbons (Fsp3) is 0. The van der Waals surface area contributed by atoms with Crippen LogP contribution in [0.15, 0.2) is 0 Å². The van der Waals surface area contributed by atoms with Gasteiger partial charge < -0.3 is 16.4 Å². The molecule has 0 fully saturated rings. The normalized spacial score (nSPS) is 0. The molecule has 0 N–H and O–H groups in total. The average molecular weight is 132 g/mol. The molecule has 0 saturated heterocycles. The predicted molar refractivity (Wildman–Crippen MR) is 7.81 cm³/mol. The average Bonchev–Trinajstić information content (AvgIpc) is 0. The van der Waals surface area contributed by atoms with Crippen molar-refractivity contribution >= 4 is 11.0 Å². The van der Waals surface area contributed by atoms with Crippen molar-refractivity contribution in [1.82, 2.24) is 0 Å². The quantitative estimate of drug-likeness (QED) is 0.388. The molecule has 0 aliphatic carbocycles. The van der Waals surface area contributed by atoms with Crippen LogP contribution in [-0.2, 0) is 33.5 Å². The van der Waals surface area contributed by atoms with Crippen molar-refractivity contribution in [3.8, 4) is 0 Å². The molecule has 0 saturated carbocycles. The molecule has 0 spiro atoms. The van der Waals surface area contributed by atoms with Gasteiger partial charge in [-0.3, -0.25) is 0 Å². The zero-order valence-corrected chi connectivity index (χ0v) is 4.18. The van der Waals surface area contributed by atoms with Crippen LogP contribution < -0.4 is 0 Å². The Hall–Kier alpha value is 0.616. The molecular weight excluding hydrogens is 132 g/mol. The molecule has 0 rings (SSSR count). The van der Waals surface area contributed by atoms with E-state index in [1.54, 1.807) is 0 Å². The van der Waals surface area contributed by atoms with Crippen LogP contribution in [0, 0.1) is 0 Å². The van der Waals surface area contributed by atoms with Gasteiger partial charge in [0.1, 0.15) is 0 Å². The first-order valence-electron chi connectivity index (χ1n) is 0. The van der Waals surface area contributed by atoms with Gasteiger partial charge in [0.15, 0.2) is 0 Å². The Bertz CT molecular complexity index is 6.85. The number of hydrogen-bond donors (Lipinski definition) is 0. The van der Waals surface area contributed by atoms with Gasteiger partial charge >= 0.3 is 28.0 Å². The van der Waals surface area contributed by atoms with Crippen LogP contribution in [0.1, 0.15) is 0 Å². The number of rotatable bonds is 0. The van der Waals surface area contributed by atoms with E-state index in [9.17, 15) is 0 Å². The summed E-state index contributed by atoms with van der Waals surface area (Å²) in [4.78, 5) is 0. The van der Waals surface area contributed by atoms with Gasteiger partial charge in [-0.1, -0.05) is 0 Å². The minimum Gasteiger partial charge on any atom is -2.00 e. The van der Waals surface area contributed by atoms with E-state index in [2.05, 4.69) is 0 Å². The maximum absolute atomic E-state index is 0. The monoisotopic (exact) mass is 132 g/mol. The van der Waals surface area contributed by atoms with Gasteiger partial charge in [0.05, 0.1) is 0 Å². The molecule has 0 radical (unpaired) electrons. The van der Waals surface area contributed by atoms with Crippen LogP contribution in [0.3, 0.4) is 0 Å². The SMILES string of the molecule is [Fe+2].[O-2].[O-2].[O-2].[Si+4]. The van der Waals surface area contributed by atoms with Crippen molar-refractivity contribution in [2.24, 2.45) is 0 Å². The van der Waals surface area contributed by atoms with Gasteiger partial charge in [0, 0.05) is 0 Å². The van der Waals surface area contributed by atoms with E-state index in [1.807, 2.05) is 0 Å². The Kier molecular flexibility index (Phi) is 10000. The minimum absolute atomic E-state index is 0. The summed E-state index contributed by atoms with van der Waals surface area (Å²) in [7, 11) is 0. The summed E-state index contributed by atoms with van der Waals surface area (Å²) >= 11 is 0.